The van der Waals surface area contributed by atoms with Gasteiger partial charge in [-0.25, -0.2) is 4.98 Å². The number of aromatic nitrogens is 2. The smallest absolute Gasteiger partial charge is 0.267 e. The first-order valence-electron chi connectivity index (χ1n) is 9.01. The number of nitriles is 1. The van der Waals surface area contributed by atoms with Crippen molar-refractivity contribution in [2.45, 2.75) is 0 Å². The summed E-state index contributed by atoms with van der Waals surface area (Å²) in [7, 11) is 2.04. The van der Waals surface area contributed by atoms with Crippen molar-refractivity contribution < 1.29 is 4.79 Å². The highest BCUT2D eigenvalue weighted by Gasteiger charge is 2.22. The SMILES string of the molecule is C=CCNC(=O)/C(C#N)=C\c1c(N2CCN(C)CC2)nc2ccccn2c1=O. The van der Waals surface area contributed by atoms with Crippen LogP contribution in [-0.4, -0.2) is 60.0 Å². The Bertz CT molecular complexity index is 1030. The van der Waals surface area contributed by atoms with Gasteiger partial charge < -0.3 is 15.1 Å². The van der Waals surface area contributed by atoms with Crippen LogP contribution >= 0.6 is 0 Å². The van der Waals surface area contributed by atoms with Crippen LogP contribution in [0.1, 0.15) is 5.56 Å². The number of carbonyl (C=O) groups excluding carboxylic acids is 1. The van der Waals surface area contributed by atoms with Crippen molar-refractivity contribution in [3.63, 3.8) is 0 Å². The third-order valence-corrected chi connectivity index (χ3v) is 4.61. The molecule has 0 aliphatic carbocycles. The lowest BCUT2D eigenvalue weighted by Crippen LogP contribution is -2.45. The molecule has 0 unspecified atom stereocenters. The Labute approximate surface area is 163 Å². The van der Waals surface area contributed by atoms with Crippen molar-refractivity contribution in [3.8, 4) is 6.07 Å². The van der Waals surface area contributed by atoms with Gasteiger partial charge in [0.25, 0.3) is 11.5 Å². The number of fused-ring (bicyclic) bond motifs is 1. The van der Waals surface area contributed by atoms with E-state index in [1.54, 1.807) is 18.3 Å². The first kappa shape index (κ1) is 19.3. The van der Waals surface area contributed by atoms with E-state index in [0.29, 0.717) is 24.6 Å². The number of likely N-dealkylation sites (N-methyl/N-ethyl adjacent to an activating group) is 1. The predicted octanol–water partition coefficient (Wildman–Crippen LogP) is 0.655. The summed E-state index contributed by atoms with van der Waals surface area (Å²) < 4.78 is 1.42. The number of anilines is 1. The van der Waals surface area contributed by atoms with E-state index in [1.165, 1.54) is 16.6 Å². The van der Waals surface area contributed by atoms with Crippen LogP contribution in [-0.2, 0) is 4.79 Å². The van der Waals surface area contributed by atoms with Gasteiger partial charge in [-0.05, 0) is 25.3 Å². The molecule has 0 saturated carbocycles. The zero-order valence-electron chi connectivity index (χ0n) is 15.8. The van der Waals surface area contributed by atoms with Gasteiger partial charge in [0.15, 0.2) is 0 Å². The summed E-state index contributed by atoms with van der Waals surface area (Å²) in [5.41, 5.74) is 0.294. The van der Waals surface area contributed by atoms with Gasteiger partial charge in [-0.15, -0.1) is 6.58 Å². The highest BCUT2D eigenvalue weighted by Crippen LogP contribution is 2.20. The van der Waals surface area contributed by atoms with E-state index in [-0.39, 0.29) is 23.2 Å². The van der Waals surface area contributed by atoms with E-state index < -0.39 is 5.91 Å². The molecule has 0 aromatic carbocycles. The molecule has 3 rings (SSSR count). The van der Waals surface area contributed by atoms with Crippen molar-refractivity contribution in [2.24, 2.45) is 0 Å². The molecule has 144 valence electrons. The molecule has 0 radical (unpaired) electrons. The quantitative estimate of drug-likeness (QED) is 0.467. The Morgan fingerprint density at radius 3 is 2.79 bits per heavy atom. The minimum Gasteiger partial charge on any atom is -0.353 e. The van der Waals surface area contributed by atoms with Crippen LogP contribution in [0.15, 0.2) is 47.4 Å². The summed E-state index contributed by atoms with van der Waals surface area (Å²) in [5.74, 6) is -0.0575. The van der Waals surface area contributed by atoms with E-state index in [1.807, 2.05) is 24.1 Å². The largest absolute Gasteiger partial charge is 0.353 e. The van der Waals surface area contributed by atoms with Crippen molar-refractivity contribution in [1.29, 1.82) is 5.26 Å². The van der Waals surface area contributed by atoms with Gasteiger partial charge >= 0.3 is 0 Å². The van der Waals surface area contributed by atoms with Crippen LogP contribution in [0.4, 0.5) is 5.82 Å². The number of amides is 1. The molecule has 28 heavy (non-hydrogen) atoms. The topological polar surface area (TPSA) is 93.7 Å². The molecule has 0 atom stereocenters. The fourth-order valence-electron chi connectivity index (χ4n) is 3.03. The van der Waals surface area contributed by atoms with Gasteiger partial charge in [-0.1, -0.05) is 12.1 Å². The van der Waals surface area contributed by atoms with E-state index in [2.05, 4.69) is 21.8 Å². The molecule has 8 heteroatoms. The number of rotatable bonds is 5. The Morgan fingerprint density at radius 2 is 2.11 bits per heavy atom. The second-order valence-electron chi connectivity index (χ2n) is 6.54. The lowest BCUT2D eigenvalue weighted by molar-refractivity contribution is -0.116. The number of piperazine rings is 1. The average molecular weight is 378 g/mol. The standard InChI is InChI=1S/C20H22N6O2/c1-3-7-22-19(27)15(14-21)13-16-18(25-11-9-24(2)10-12-25)23-17-6-4-5-8-26(17)20(16)28/h3-6,8,13H,1,7,9-12H2,2H3,(H,22,27)/b15-13-. The number of nitrogens with zero attached hydrogens (tertiary/aromatic N) is 5. The Balaban J connectivity index is 2.14. The zero-order chi connectivity index (χ0) is 20.1. The lowest BCUT2D eigenvalue weighted by Gasteiger charge is -2.34. The Kier molecular flexibility index (Phi) is 5.87. The van der Waals surface area contributed by atoms with Crippen molar-refractivity contribution in [3.05, 3.63) is 58.5 Å². The summed E-state index contributed by atoms with van der Waals surface area (Å²) in [6.45, 7) is 6.86. The minimum absolute atomic E-state index is 0.146. The van der Waals surface area contributed by atoms with E-state index in [0.717, 1.165) is 13.1 Å². The van der Waals surface area contributed by atoms with Crippen LogP contribution in [0, 0.1) is 11.3 Å². The van der Waals surface area contributed by atoms with Gasteiger partial charge in [-0.3, -0.25) is 14.0 Å². The second-order valence-corrected chi connectivity index (χ2v) is 6.54. The molecule has 1 fully saturated rings. The lowest BCUT2D eigenvalue weighted by atomic mass is 10.1. The van der Waals surface area contributed by atoms with Gasteiger partial charge in [0, 0.05) is 38.9 Å². The van der Waals surface area contributed by atoms with Gasteiger partial charge in [0.05, 0.1) is 5.56 Å². The normalized spacial score (nSPS) is 15.3. The van der Waals surface area contributed by atoms with Crippen molar-refractivity contribution in [1.82, 2.24) is 19.6 Å². The van der Waals surface area contributed by atoms with Crippen LogP contribution in [0.2, 0.25) is 0 Å². The maximum Gasteiger partial charge on any atom is 0.267 e. The maximum absolute atomic E-state index is 13.1. The number of hydrogen-bond donors (Lipinski definition) is 1. The van der Waals surface area contributed by atoms with Crippen LogP contribution in [0.25, 0.3) is 11.7 Å². The molecule has 0 spiro atoms. The average Bonchev–Trinajstić information content (AvgIpc) is 2.72. The van der Waals surface area contributed by atoms with Gasteiger partial charge in [0.1, 0.15) is 23.1 Å². The molecule has 1 aliphatic heterocycles. The maximum atomic E-state index is 13.1. The summed E-state index contributed by atoms with van der Waals surface area (Å²) in [6.07, 6.45) is 4.48. The summed E-state index contributed by atoms with van der Waals surface area (Å²) in [5, 5.41) is 12.0. The molecule has 0 bridgehead atoms. The van der Waals surface area contributed by atoms with Gasteiger partial charge in [-0.2, -0.15) is 5.26 Å². The first-order valence-corrected chi connectivity index (χ1v) is 9.01. The first-order chi connectivity index (χ1) is 13.5. The van der Waals surface area contributed by atoms with E-state index in [9.17, 15) is 14.9 Å². The molecule has 1 saturated heterocycles. The fourth-order valence-corrected chi connectivity index (χ4v) is 3.03. The van der Waals surface area contributed by atoms with Crippen molar-refractivity contribution >= 4 is 23.4 Å². The third-order valence-electron chi connectivity index (χ3n) is 4.61. The van der Waals surface area contributed by atoms with Gasteiger partial charge in [0.2, 0.25) is 0 Å². The molecule has 3 heterocycles. The fraction of sp³-hybridized carbons (Fsp3) is 0.300. The third kappa shape index (κ3) is 3.94. The van der Waals surface area contributed by atoms with Crippen LogP contribution < -0.4 is 15.8 Å². The number of nitrogens with one attached hydrogen (secondary N) is 1. The molecular weight excluding hydrogens is 356 g/mol. The molecular formula is C20H22N6O2. The molecule has 2 aromatic heterocycles. The highest BCUT2D eigenvalue weighted by molar-refractivity contribution is 6.02. The molecule has 1 amide bonds. The Hall–Kier alpha value is -3.44. The van der Waals surface area contributed by atoms with Crippen LogP contribution in [0.3, 0.4) is 0 Å². The molecule has 1 aliphatic rings. The minimum atomic E-state index is -0.552. The monoisotopic (exact) mass is 378 g/mol. The number of pyridine rings is 1. The molecule has 8 nitrogen and oxygen atoms in total. The summed E-state index contributed by atoms with van der Waals surface area (Å²) >= 11 is 0. The Morgan fingerprint density at radius 1 is 1.36 bits per heavy atom. The summed E-state index contributed by atoms with van der Waals surface area (Å²) in [4.78, 5) is 34.3. The predicted molar refractivity (Wildman–Crippen MR) is 108 cm³/mol. The zero-order valence-corrected chi connectivity index (χ0v) is 15.8. The number of carbonyl (C=O) groups is 1. The molecule has 1 N–H and O–H groups in total. The second kappa shape index (κ2) is 8.50. The molecule has 2 aromatic rings. The highest BCUT2D eigenvalue weighted by atomic mass is 16.1. The van der Waals surface area contributed by atoms with Crippen molar-refractivity contribution in [2.75, 3.05) is 44.7 Å². The number of hydrogen-bond acceptors (Lipinski definition) is 6. The van der Waals surface area contributed by atoms with E-state index in [4.69, 9.17) is 0 Å². The summed E-state index contributed by atoms with van der Waals surface area (Å²) in [6, 6.07) is 7.20. The van der Waals surface area contributed by atoms with E-state index >= 15 is 0 Å². The van der Waals surface area contributed by atoms with Crippen LogP contribution in [0.5, 0.6) is 0 Å².